The fraction of sp³-hybridized carbons (Fsp3) is 0.0870. The number of Topliss-reactive ketones (excluding diaryl/α,β-unsaturated/α-hetero) is 1. The summed E-state index contributed by atoms with van der Waals surface area (Å²) < 4.78 is 8.04. The van der Waals surface area contributed by atoms with Gasteiger partial charge in [0.2, 0.25) is 5.78 Å². The lowest BCUT2D eigenvalue weighted by molar-refractivity contribution is 0.101. The monoisotopic (exact) mass is 407 g/mol. The highest BCUT2D eigenvalue weighted by Gasteiger charge is 2.30. The molecule has 1 aliphatic heterocycles. The highest BCUT2D eigenvalue weighted by atomic mass is 35.5. The molecule has 3 nitrogen and oxygen atoms in total. The Kier molecular flexibility index (Phi) is 3.97. The summed E-state index contributed by atoms with van der Waals surface area (Å²) in [4.78, 5) is 12.7. The van der Waals surface area contributed by atoms with E-state index < -0.39 is 0 Å². The number of fused-ring (bicyclic) bond motifs is 4. The standard InChI is InChI=1S/C23H15Cl2NO2/c1-2-26-19-6-4-3-5-15(19)16-9-13(7-8-20(16)26)10-21-22(27)17-11-14(24)12-18(25)23(17)28-21/h3-12H,2H2,1H3/b21-10-. The van der Waals surface area contributed by atoms with Gasteiger partial charge in [0.1, 0.15) is 0 Å². The molecular weight excluding hydrogens is 393 g/mol. The van der Waals surface area contributed by atoms with E-state index in [9.17, 15) is 4.79 Å². The lowest BCUT2D eigenvalue weighted by Gasteiger charge is -2.03. The van der Waals surface area contributed by atoms with Gasteiger partial charge in [-0.1, -0.05) is 47.5 Å². The van der Waals surface area contributed by atoms with Gasteiger partial charge in [0.05, 0.1) is 10.6 Å². The van der Waals surface area contributed by atoms with Crippen LogP contribution in [0.2, 0.25) is 10.0 Å². The third kappa shape index (κ3) is 2.55. The van der Waals surface area contributed by atoms with Gasteiger partial charge in [-0.3, -0.25) is 4.79 Å². The van der Waals surface area contributed by atoms with Crippen LogP contribution in [0.25, 0.3) is 27.9 Å². The largest absolute Gasteiger partial charge is 0.451 e. The van der Waals surface area contributed by atoms with E-state index in [1.54, 1.807) is 18.2 Å². The Morgan fingerprint density at radius 3 is 2.61 bits per heavy atom. The molecule has 5 rings (SSSR count). The molecule has 0 fully saturated rings. The molecule has 3 aromatic carbocycles. The van der Waals surface area contributed by atoms with Gasteiger partial charge in [0.15, 0.2) is 11.5 Å². The molecule has 0 bridgehead atoms. The van der Waals surface area contributed by atoms with E-state index in [0.717, 1.165) is 17.5 Å². The molecule has 0 spiro atoms. The Hall–Kier alpha value is -2.75. The molecule has 0 amide bonds. The molecule has 5 heteroatoms. The third-order valence-corrected chi connectivity index (χ3v) is 5.60. The number of hydrogen-bond acceptors (Lipinski definition) is 2. The molecule has 0 N–H and O–H groups in total. The molecule has 0 saturated carbocycles. The number of allylic oxidation sites excluding steroid dienone is 1. The lowest BCUT2D eigenvalue weighted by atomic mass is 10.1. The number of hydrogen-bond donors (Lipinski definition) is 0. The van der Waals surface area contributed by atoms with Crippen molar-refractivity contribution in [2.24, 2.45) is 0 Å². The summed E-state index contributed by atoms with van der Waals surface area (Å²) in [6.07, 6.45) is 1.75. The van der Waals surface area contributed by atoms with Crippen molar-refractivity contribution in [1.29, 1.82) is 0 Å². The lowest BCUT2D eigenvalue weighted by Crippen LogP contribution is -1.98. The van der Waals surface area contributed by atoms with E-state index in [1.165, 1.54) is 16.4 Å². The van der Waals surface area contributed by atoms with E-state index in [1.807, 2.05) is 18.2 Å². The molecule has 138 valence electrons. The van der Waals surface area contributed by atoms with Gasteiger partial charge in [0, 0.05) is 33.4 Å². The van der Waals surface area contributed by atoms with Crippen LogP contribution in [-0.4, -0.2) is 10.4 Å². The molecule has 2 heterocycles. The minimum Gasteiger partial charge on any atom is -0.451 e. The van der Waals surface area contributed by atoms with Crippen LogP contribution in [0.1, 0.15) is 22.8 Å². The Bertz CT molecular complexity index is 1320. The van der Waals surface area contributed by atoms with Crippen molar-refractivity contribution in [3.05, 3.63) is 81.5 Å². The fourth-order valence-electron chi connectivity index (χ4n) is 3.87. The second-order valence-electron chi connectivity index (χ2n) is 6.74. The summed E-state index contributed by atoms with van der Waals surface area (Å²) in [6.45, 7) is 3.03. The van der Waals surface area contributed by atoms with Crippen LogP contribution in [0.3, 0.4) is 0 Å². The molecule has 4 aromatic rings. The fourth-order valence-corrected chi connectivity index (χ4v) is 4.40. The van der Waals surface area contributed by atoms with E-state index in [-0.39, 0.29) is 11.5 Å². The number of rotatable bonds is 2. The summed E-state index contributed by atoms with van der Waals surface area (Å²) in [5, 5.41) is 3.09. The maximum Gasteiger partial charge on any atom is 0.232 e. The number of benzene rings is 3. The van der Waals surface area contributed by atoms with Gasteiger partial charge in [-0.05, 0) is 48.9 Å². The topological polar surface area (TPSA) is 31.2 Å². The van der Waals surface area contributed by atoms with Crippen LogP contribution >= 0.6 is 23.2 Å². The summed E-state index contributed by atoms with van der Waals surface area (Å²) in [5.74, 6) is 0.402. The Balaban J connectivity index is 1.64. The normalized spacial score (nSPS) is 14.8. The van der Waals surface area contributed by atoms with Crippen molar-refractivity contribution < 1.29 is 9.53 Å². The van der Waals surface area contributed by atoms with Crippen molar-refractivity contribution >= 4 is 56.9 Å². The highest BCUT2D eigenvalue weighted by molar-refractivity contribution is 6.37. The molecule has 0 unspecified atom stereocenters. The van der Waals surface area contributed by atoms with Gasteiger partial charge in [-0.2, -0.15) is 0 Å². The Labute approximate surface area is 171 Å². The minimum atomic E-state index is -0.213. The first-order chi connectivity index (χ1) is 13.6. The first kappa shape index (κ1) is 17.4. The zero-order valence-electron chi connectivity index (χ0n) is 15.0. The molecule has 1 aromatic heterocycles. The Morgan fingerprint density at radius 1 is 1.00 bits per heavy atom. The third-order valence-electron chi connectivity index (χ3n) is 5.10. The van der Waals surface area contributed by atoms with Crippen molar-refractivity contribution in [3.63, 3.8) is 0 Å². The maximum atomic E-state index is 12.7. The molecule has 28 heavy (non-hydrogen) atoms. The van der Waals surface area contributed by atoms with Crippen LogP contribution in [-0.2, 0) is 6.54 Å². The van der Waals surface area contributed by atoms with Gasteiger partial charge in [-0.15, -0.1) is 0 Å². The number of aromatic nitrogens is 1. The number of aryl methyl sites for hydroxylation is 1. The number of ketones is 1. The SMILES string of the molecule is CCn1c2ccccc2c2cc(/C=C3\Oc4c(Cl)cc(Cl)cc4C3=O)ccc21. The molecule has 1 aliphatic rings. The zero-order chi connectivity index (χ0) is 19.4. The van der Waals surface area contributed by atoms with Gasteiger partial charge >= 0.3 is 0 Å². The summed E-state index contributed by atoms with van der Waals surface area (Å²) in [6, 6.07) is 17.7. The van der Waals surface area contributed by atoms with E-state index in [4.69, 9.17) is 27.9 Å². The Morgan fingerprint density at radius 2 is 1.79 bits per heavy atom. The predicted octanol–water partition coefficient (Wildman–Crippen LogP) is 6.74. The van der Waals surface area contributed by atoms with E-state index in [0.29, 0.717) is 21.4 Å². The zero-order valence-corrected chi connectivity index (χ0v) is 16.5. The summed E-state index contributed by atoms with van der Waals surface area (Å²) in [5.41, 5.74) is 3.66. The number of para-hydroxylation sites is 1. The quantitative estimate of drug-likeness (QED) is 0.344. The average molecular weight is 408 g/mol. The number of carbonyl (C=O) groups is 1. The van der Waals surface area contributed by atoms with Crippen LogP contribution < -0.4 is 4.74 Å². The number of halogens is 2. The first-order valence-corrected chi connectivity index (χ1v) is 9.76. The van der Waals surface area contributed by atoms with Gasteiger partial charge < -0.3 is 9.30 Å². The van der Waals surface area contributed by atoms with Crippen LogP contribution in [0.5, 0.6) is 5.75 Å². The molecule has 0 aliphatic carbocycles. The van der Waals surface area contributed by atoms with Crippen molar-refractivity contribution in [1.82, 2.24) is 4.57 Å². The van der Waals surface area contributed by atoms with Crippen molar-refractivity contribution in [3.8, 4) is 5.75 Å². The summed E-state index contributed by atoms with van der Waals surface area (Å²) in [7, 11) is 0. The van der Waals surface area contributed by atoms with Crippen molar-refractivity contribution in [2.75, 3.05) is 0 Å². The van der Waals surface area contributed by atoms with Crippen LogP contribution in [0.15, 0.2) is 60.4 Å². The van der Waals surface area contributed by atoms with E-state index in [2.05, 4.69) is 35.8 Å². The second-order valence-corrected chi connectivity index (χ2v) is 7.59. The predicted molar refractivity (Wildman–Crippen MR) is 115 cm³/mol. The van der Waals surface area contributed by atoms with Gasteiger partial charge in [0.25, 0.3) is 0 Å². The summed E-state index contributed by atoms with van der Waals surface area (Å²) >= 11 is 12.2. The smallest absolute Gasteiger partial charge is 0.232 e. The maximum absolute atomic E-state index is 12.7. The number of carbonyl (C=O) groups excluding carboxylic acids is 1. The minimum absolute atomic E-state index is 0.213. The van der Waals surface area contributed by atoms with Crippen LogP contribution in [0.4, 0.5) is 0 Å². The second kappa shape index (κ2) is 6.40. The van der Waals surface area contributed by atoms with Crippen molar-refractivity contribution in [2.45, 2.75) is 13.5 Å². The van der Waals surface area contributed by atoms with Crippen LogP contribution in [0, 0.1) is 0 Å². The number of nitrogens with zero attached hydrogens (tertiary/aromatic N) is 1. The average Bonchev–Trinajstić information content (AvgIpc) is 3.17. The molecular formula is C23H15Cl2NO2. The molecule has 0 atom stereocenters. The van der Waals surface area contributed by atoms with Gasteiger partial charge in [-0.25, -0.2) is 0 Å². The highest BCUT2D eigenvalue weighted by Crippen LogP contribution is 2.40. The molecule has 0 saturated heterocycles. The number of ether oxygens (including phenoxy) is 1. The van der Waals surface area contributed by atoms with E-state index >= 15 is 0 Å². The first-order valence-electron chi connectivity index (χ1n) is 9.01. The molecule has 0 radical (unpaired) electrons.